The van der Waals surface area contributed by atoms with Gasteiger partial charge in [0.2, 0.25) is 0 Å². The third-order valence-electron chi connectivity index (χ3n) is 4.08. The molecule has 0 unspecified atom stereocenters. The van der Waals surface area contributed by atoms with Crippen LogP contribution >= 0.6 is 11.8 Å². The Balaban J connectivity index is 1.84. The molecule has 3 rings (SSSR count). The van der Waals surface area contributed by atoms with Gasteiger partial charge >= 0.3 is 0 Å². The molecule has 1 heterocycles. The van der Waals surface area contributed by atoms with Gasteiger partial charge < -0.3 is 14.4 Å². The maximum absolute atomic E-state index is 13.1. The molecule has 1 amide bonds. The first kappa shape index (κ1) is 18.1. The van der Waals surface area contributed by atoms with Crippen LogP contribution in [0.4, 0.5) is 0 Å². The minimum Gasteiger partial charge on any atom is -0.508 e. The van der Waals surface area contributed by atoms with Gasteiger partial charge in [0.1, 0.15) is 11.5 Å². The number of aromatic hydroxyl groups is 1. The van der Waals surface area contributed by atoms with Gasteiger partial charge in [-0.2, -0.15) is 11.8 Å². The van der Waals surface area contributed by atoms with Crippen molar-refractivity contribution in [2.45, 2.75) is 18.8 Å². The average Bonchev–Trinajstić information content (AvgIpc) is 3.16. The topological polar surface area (TPSA) is 53.7 Å². The molecule has 1 N–H and O–H groups in total. The van der Waals surface area contributed by atoms with E-state index in [1.54, 1.807) is 41.1 Å². The second-order valence-corrected chi connectivity index (χ2v) is 6.87. The van der Waals surface area contributed by atoms with Gasteiger partial charge in [0.05, 0.1) is 19.4 Å². The van der Waals surface area contributed by atoms with Gasteiger partial charge in [0.15, 0.2) is 0 Å². The molecular weight excluding hydrogens is 346 g/mol. The number of amides is 1. The van der Waals surface area contributed by atoms with Crippen LogP contribution in [0, 0.1) is 0 Å². The van der Waals surface area contributed by atoms with E-state index in [1.165, 1.54) is 5.56 Å². The molecule has 0 aliphatic rings. The fraction of sp³-hybridized carbons (Fsp3) is 0.190. The fourth-order valence-corrected chi connectivity index (χ4v) is 3.26. The van der Waals surface area contributed by atoms with Crippen LogP contribution in [-0.2, 0) is 18.8 Å². The number of nitrogens with zero attached hydrogens (tertiary/aromatic N) is 1. The lowest BCUT2D eigenvalue weighted by Crippen LogP contribution is -2.30. The van der Waals surface area contributed by atoms with Crippen LogP contribution in [0.5, 0.6) is 5.75 Å². The van der Waals surface area contributed by atoms with Crippen LogP contribution in [0.1, 0.15) is 27.2 Å². The molecule has 0 saturated heterocycles. The third kappa shape index (κ3) is 4.49. The van der Waals surface area contributed by atoms with Gasteiger partial charge in [0, 0.05) is 16.9 Å². The zero-order chi connectivity index (χ0) is 18.4. The van der Waals surface area contributed by atoms with E-state index >= 15 is 0 Å². The molecule has 5 heteroatoms. The molecule has 2 aromatic carbocycles. The second-order valence-electron chi connectivity index (χ2n) is 6.00. The summed E-state index contributed by atoms with van der Waals surface area (Å²) in [4.78, 5) is 14.7. The standard InChI is InChI=1S/C21H21NO3S/c1-26-15-16-8-10-17(11-9-16)21(24)22(14-19-6-4-12-25-19)13-18-5-2-3-7-20(18)23/h2-12,23H,13-15H2,1H3. The van der Waals surface area contributed by atoms with Gasteiger partial charge in [-0.05, 0) is 42.2 Å². The van der Waals surface area contributed by atoms with E-state index in [9.17, 15) is 9.90 Å². The summed E-state index contributed by atoms with van der Waals surface area (Å²) < 4.78 is 5.41. The summed E-state index contributed by atoms with van der Waals surface area (Å²) >= 11 is 1.75. The highest BCUT2D eigenvalue weighted by Gasteiger charge is 2.19. The summed E-state index contributed by atoms with van der Waals surface area (Å²) in [6.07, 6.45) is 3.64. The van der Waals surface area contributed by atoms with Gasteiger partial charge in [-0.15, -0.1) is 0 Å². The quantitative estimate of drug-likeness (QED) is 0.658. The molecule has 0 aliphatic carbocycles. The lowest BCUT2D eigenvalue weighted by atomic mass is 10.1. The van der Waals surface area contributed by atoms with Crippen LogP contribution in [0.15, 0.2) is 71.3 Å². The number of carbonyl (C=O) groups excluding carboxylic acids is 1. The molecule has 0 radical (unpaired) electrons. The van der Waals surface area contributed by atoms with Crippen molar-refractivity contribution in [2.75, 3.05) is 6.26 Å². The molecule has 0 atom stereocenters. The van der Waals surface area contributed by atoms with Crippen molar-refractivity contribution in [1.82, 2.24) is 4.90 Å². The first-order valence-electron chi connectivity index (χ1n) is 8.34. The van der Waals surface area contributed by atoms with E-state index in [1.807, 2.05) is 42.5 Å². The number of benzene rings is 2. The van der Waals surface area contributed by atoms with Crippen molar-refractivity contribution >= 4 is 17.7 Å². The molecule has 3 aromatic rings. The van der Waals surface area contributed by atoms with Crippen LogP contribution < -0.4 is 0 Å². The highest BCUT2D eigenvalue weighted by Crippen LogP contribution is 2.21. The van der Waals surface area contributed by atoms with Crippen molar-refractivity contribution in [3.05, 3.63) is 89.4 Å². The predicted molar refractivity (Wildman–Crippen MR) is 104 cm³/mol. The molecule has 0 fully saturated rings. The van der Waals surface area contributed by atoms with Crippen LogP contribution in [0.3, 0.4) is 0 Å². The van der Waals surface area contributed by atoms with Crippen molar-refractivity contribution in [3.8, 4) is 5.75 Å². The van der Waals surface area contributed by atoms with Crippen LogP contribution in [-0.4, -0.2) is 22.2 Å². The molecule has 0 aliphatic heterocycles. The Labute approximate surface area is 157 Å². The smallest absolute Gasteiger partial charge is 0.254 e. The minimum absolute atomic E-state index is 0.0969. The molecule has 4 nitrogen and oxygen atoms in total. The van der Waals surface area contributed by atoms with E-state index in [4.69, 9.17) is 4.42 Å². The Bertz CT molecular complexity index is 844. The highest BCUT2D eigenvalue weighted by atomic mass is 32.2. The molecule has 26 heavy (non-hydrogen) atoms. The SMILES string of the molecule is CSCc1ccc(C(=O)N(Cc2ccco2)Cc2ccccc2O)cc1. The van der Waals surface area contributed by atoms with Gasteiger partial charge in [0.25, 0.3) is 5.91 Å². The average molecular weight is 367 g/mol. The number of para-hydroxylation sites is 1. The first-order valence-corrected chi connectivity index (χ1v) is 9.73. The molecule has 134 valence electrons. The zero-order valence-electron chi connectivity index (χ0n) is 14.6. The summed E-state index contributed by atoms with van der Waals surface area (Å²) in [6.45, 7) is 0.644. The number of carbonyl (C=O) groups is 1. The number of thioether (sulfide) groups is 1. The van der Waals surface area contributed by atoms with Crippen molar-refractivity contribution in [3.63, 3.8) is 0 Å². The second kappa shape index (κ2) is 8.63. The van der Waals surface area contributed by atoms with E-state index in [0.29, 0.717) is 30.0 Å². The third-order valence-corrected chi connectivity index (χ3v) is 4.70. The number of phenols is 1. The summed E-state index contributed by atoms with van der Waals surface area (Å²) in [5, 5.41) is 10.1. The summed E-state index contributed by atoms with van der Waals surface area (Å²) in [7, 11) is 0. The Morgan fingerprint density at radius 2 is 1.81 bits per heavy atom. The normalized spacial score (nSPS) is 10.7. The Kier molecular flexibility index (Phi) is 6.02. The maximum Gasteiger partial charge on any atom is 0.254 e. The molecule has 0 spiro atoms. The predicted octanol–water partition coefficient (Wildman–Crippen LogP) is 4.69. The molecule has 0 bridgehead atoms. The van der Waals surface area contributed by atoms with Crippen LogP contribution in [0.25, 0.3) is 0 Å². The molecule has 1 aromatic heterocycles. The number of phenolic OH excluding ortho intramolecular Hbond substituents is 1. The fourth-order valence-electron chi connectivity index (χ4n) is 2.73. The van der Waals surface area contributed by atoms with Gasteiger partial charge in [-0.25, -0.2) is 0 Å². The van der Waals surface area contributed by atoms with Gasteiger partial charge in [-0.1, -0.05) is 30.3 Å². The Hall–Kier alpha value is -2.66. The Morgan fingerprint density at radius 1 is 1.04 bits per heavy atom. The number of rotatable bonds is 7. The maximum atomic E-state index is 13.1. The van der Waals surface area contributed by atoms with Crippen molar-refractivity contribution < 1.29 is 14.3 Å². The summed E-state index contributed by atoms with van der Waals surface area (Å²) in [5.41, 5.74) is 2.51. The van der Waals surface area contributed by atoms with Crippen molar-refractivity contribution in [2.24, 2.45) is 0 Å². The van der Waals surface area contributed by atoms with E-state index < -0.39 is 0 Å². The highest BCUT2D eigenvalue weighted by molar-refractivity contribution is 7.97. The van der Waals surface area contributed by atoms with Gasteiger partial charge in [-0.3, -0.25) is 4.79 Å². The zero-order valence-corrected chi connectivity index (χ0v) is 15.4. The number of furan rings is 1. The number of hydrogen-bond donors (Lipinski definition) is 1. The lowest BCUT2D eigenvalue weighted by molar-refractivity contribution is 0.0716. The van der Waals surface area contributed by atoms with Crippen LogP contribution in [0.2, 0.25) is 0 Å². The summed E-state index contributed by atoms with van der Waals surface area (Å²) in [5.74, 6) is 1.70. The number of hydrogen-bond acceptors (Lipinski definition) is 4. The van der Waals surface area contributed by atoms with E-state index in [-0.39, 0.29) is 11.7 Å². The first-order chi connectivity index (χ1) is 12.7. The molecular formula is C21H21NO3S. The lowest BCUT2D eigenvalue weighted by Gasteiger charge is -2.22. The molecule has 0 saturated carbocycles. The summed E-state index contributed by atoms with van der Waals surface area (Å²) in [6, 6.07) is 18.4. The van der Waals surface area contributed by atoms with E-state index in [0.717, 1.165) is 5.75 Å². The minimum atomic E-state index is -0.0969. The largest absolute Gasteiger partial charge is 0.508 e. The van der Waals surface area contributed by atoms with Crippen molar-refractivity contribution in [1.29, 1.82) is 0 Å². The Morgan fingerprint density at radius 3 is 2.46 bits per heavy atom. The van der Waals surface area contributed by atoms with E-state index in [2.05, 4.69) is 6.26 Å². The monoisotopic (exact) mass is 367 g/mol.